The van der Waals surface area contributed by atoms with Gasteiger partial charge in [-0.05, 0) is 42.8 Å². The van der Waals surface area contributed by atoms with Crippen molar-refractivity contribution in [3.05, 3.63) is 52.5 Å². The van der Waals surface area contributed by atoms with Gasteiger partial charge in [0.1, 0.15) is 5.75 Å². The fourth-order valence-corrected chi connectivity index (χ4v) is 3.35. The maximum atomic E-state index is 12.3. The Balaban J connectivity index is 2.24. The standard InChI is InChI=1S/C14H15BrN2O3S/c1-9(10-2-4-11(15)5-3-10)17-21(19,20)12-6-7-14(18)13(16)8-12/h2-9,17-18H,16H2,1H3. The van der Waals surface area contributed by atoms with Gasteiger partial charge < -0.3 is 10.8 Å². The number of aromatic hydroxyl groups is 1. The van der Waals surface area contributed by atoms with Crippen molar-refractivity contribution in [3.8, 4) is 5.75 Å². The Morgan fingerprint density at radius 2 is 1.81 bits per heavy atom. The molecule has 0 aromatic heterocycles. The molecule has 0 heterocycles. The van der Waals surface area contributed by atoms with E-state index in [4.69, 9.17) is 5.73 Å². The highest BCUT2D eigenvalue weighted by Crippen LogP contribution is 2.24. The summed E-state index contributed by atoms with van der Waals surface area (Å²) < 4.78 is 28.1. The zero-order chi connectivity index (χ0) is 15.6. The van der Waals surface area contributed by atoms with Crippen molar-refractivity contribution in [2.24, 2.45) is 0 Å². The number of nitrogens with two attached hydrogens (primary N) is 1. The smallest absolute Gasteiger partial charge is 0.241 e. The van der Waals surface area contributed by atoms with Crippen molar-refractivity contribution in [1.82, 2.24) is 4.72 Å². The van der Waals surface area contributed by atoms with Crippen LogP contribution in [0, 0.1) is 0 Å². The van der Waals surface area contributed by atoms with Crippen LogP contribution < -0.4 is 10.5 Å². The summed E-state index contributed by atoms with van der Waals surface area (Å²) in [6.45, 7) is 1.75. The molecule has 112 valence electrons. The molecular formula is C14H15BrN2O3S. The number of phenols is 1. The van der Waals surface area contributed by atoms with Gasteiger partial charge >= 0.3 is 0 Å². The molecule has 5 nitrogen and oxygen atoms in total. The molecule has 0 bridgehead atoms. The number of nitrogen functional groups attached to an aromatic ring is 1. The second kappa shape index (κ2) is 6.05. The summed E-state index contributed by atoms with van der Waals surface area (Å²) in [5, 5.41) is 9.35. The van der Waals surface area contributed by atoms with Gasteiger partial charge in [-0.25, -0.2) is 13.1 Å². The van der Waals surface area contributed by atoms with E-state index in [-0.39, 0.29) is 16.3 Å². The third-order valence-electron chi connectivity index (χ3n) is 3.01. The number of rotatable bonds is 4. The van der Waals surface area contributed by atoms with Gasteiger partial charge in [-0.3, -0.25) is 0 Å². The quantitative estimate of drug-likeness (QED) is 0.569. The Hall–Kier alpha value is -1.57. The highest BCUT2D eigenvalue weighted by molar-refractivity contribution is 9.10. The number of phenolic OH excluding ortho intramolecular Hbond substituents is 1. The minimum absolute atomic E-state index is 0.0155. The Labute approximate surface area is 132 Å². The topological polar surface area (TPSA) is 92.4 Å². The molecule has 0 radical (unpaired) electrons. The molecule has 0 aliphatic rings. The molecule has 0 aliphatic carbocycles. The average Bonchev–Trinajstić information content (AvgIpc) is 2.42. The molecule has 1 atom stereocenters. The molecule has 0 spiro atoms. The van der Waals surface area contributed by atoms with E-state index in [1.807, 2.05) is 24.3 Å². The first kappa shape index (κ1) is 15.8. The summed E-state index contributed by atoms with van der Waals surface area (Å²) in [5.74, 6) is -0.144. The van der Waals surface area contributed by atoms with Crippen molar-refractivity contribution in [3.63, 3.8) is 0 Å². The molecule has 1 unspecified atom stereocenters. The van der Waals surface area contributed by atoms with Gasteiger partial charge in [0.05, 0.1) is 10.6 Å². The monoisotopic (exact) mass is 370 g/mol. The third-order valence-corrected chi connectivity index (χ3v) is 5.08. The van der Waals surface area contributed by atoms with Crippen LogP contribution in [0.3, 0.4) is 0 Å². The van der Waals surface area contributed by atoms with Crippen LogP contribution in [0.15, 0.2) is 51.8 Å². The number of halogens is 1. The molecule has 0 amide bonds. The molecule has 0 fully saturated rings. The lowest BCUT2D eigenvalue weighted by molar-refractivity contribution is 0.477. The first-order valence-corrected chi connectivity index (χ1v) is 8.43. The second-order valence-corrected chi connectivity index (χ2v) is 7.24. The molecular weight excluding hydrogens is 356 g/mol. The minimum Gasteiger partial charge on any atom is -0.506 e. The first-order valence-electron chi connectivity index (χ1n) is 6.16. The van der Waals surface area contributed by atoms with Crippen LogP contribution in [0.1, 0.15) is 18.5 Å². The van der Waals surface area contributed by atoms with E-state index in [1.54, 1.807) is 6.92 Å². The molecule has 4 N–H and O–H groups in total. The fraction of sp³-hybridized carbons (Fsp3) is 0.143. The molecule has 0 saturated carbocycles. The van der Waals surface area contributed by atoms with Crippen LogP contribution >= 0.6 is 15.9 Å². The van der Waals surface area contributed by atoms with Crippen molar-refractivity contribution in [1.29, 1.82) is 0 Å². The number of sulfonamides is 1. The van der Waals surface area contributed by atoms with E-state index < -0.39 is 16.1 Å². The van der Waals surface area contributed by atoms with E-state index in [0.29, 0.717) is 0 Å². The summed E-state index contributed by atoms with van der Waals surface area (Å²) >= 11 is 3.33. The molecule has 0 aliphatic heterocycles. The molecule has 2 aromatic rings. The van der Waals surface area contributed by atoms with E-state index in [1.165, 1.54) is 18.2 Å². The van der Waals surface area contributed by atoms with Crippen molar-refractivity contribution in [2.45, 2.75) is 17.9 Å². The van der Waals surface area contributed by atoms with E-state index in [0.717, 1.165) is 10.0 Å². The third kappa shape index (κ3) is 3.75. The first-order chi connectivity index (χ1) is 9.79. The highest BCUT2D eigenvalue weighted by Gasteiger charge is 2.19. The summed E-state index contributed by atoms with van der Waals surface area (Å²) in [4.78, 5) is 0.0155. The fourth-order valence-electron chi connectivity index (χ4n) is 1.82. The van der Waals surface area contributed by atoms with Crippen molar-refractivity contribution in [2.75, 3.05) is 5.73 Å². The summed E-state index contributed by atoms with van der Waals surface area (Å²) in [6.07, 6.45) is 0. The van der Waals surface area contributed by atoms with Gasteiger partial charge in [0.2, 0.25) is 10.0 Å². The Morgan fingerprint density at radius 3 is 2.38 bits per heavy atom. The van der Waals surface area contributed by atoms with Crippen molar-refractivity contribution >= 4 is 31.6 Å². The Kier molecular flexibility index (Phi) is 4.55. The number of hydrogen-bond acceptors (Lipinski definition) is 4. The lowest BCUT2D eigenvalue weighted by atomic mass is 10.1. The molecule has 7 heteroatoms. The summed E-state index contributed by atoms with van der Waals surface area (Å²) in [7, 11) is -3.71. The van der Waals surface area contributed by atoms with Gasteiger partial charge in [0.25, 0.3) is 0 Å². The highest BCUT2D eigenvalue weighted by atomic mass is 79.9. The van der Waals surface area contributed by atoms with E-state index in [2.05, 4.69) is 20.7 Å². The summed E-state index contributed by atoms with van der Waals surface area (Å²) in [6, 6.07) is 10.8. The SMILES string of the molecule is CC(NS(=O)(=O)c1ccc(O)c(N)c1)c1ccc(Br)cc1. The zero-order valence-corrected chi connectivity index (χ0v) is 13.6. The van der Waals surface area contributed by atoms with Crippen LogP contribution in [0.25, 0.3) is 0 Å². The predicted molar refractivity (Wildman–Crippen MR) is 85.4 cm³/mol. The van der Waals surface area contributed by atoms with E-state index in [9.17, 15) is 13.5 Å². The number of nitrogens with one attached hydrogen (secondary N) is 1. The zero-order valence-electron chi connectivity index (χ0n) is 11.2. The lowest BCUT2D eigenvalue weighted by Gasteiger charge is -2.15. The van der Waals surface area contributed by atoms with Crippen LogP contribution in [0.4, 0.5) is 5.69 Å². The molecule has 21 heavy (non-hydrogen) atoms. The van der Waals surface area contributed by atoms with Gasteiger partial charge in [-0.2, -0.15) is 0 Å². The lowest BCUT2D eigenvalue weighted by Crippen LogP contribution is -2.26. The number of hydrogen-bond donors (Lipinski definition) is 3. The Bertz CT molecular complexity index is 745. The van der Waals surface area contributed by atoms with Gasteiger partial charge in [-0.1, -0.05) is 28.1 Å². The van der Waals surface area contributed by atoms with Gasteiger partial charge in [-0.15, -0.1) is 0 Å². The average molecular weight is 371 g/mol. The Morgan fingerprint density at radius 1 is 1.19 bits per heavy atom. The number of benzene rings is 2. The van der Waals surface area contributed by atoms with Crippen LogP contribution in [0.5, 0.6) is 5.75 Å². The maximum absolute atomic E-state index is 12.3. The molecule has 0 saturated heterocycles. The minimum atomic E-state index is -3.71. The van der Waals surface area contributed by atoms with Crippen molar-refractivity contribution < 1.29 is 13.5 Å². The summed E-state index contributed by atoms with van der Waals surface area (Å²) in [5.41, 5.74) is 6.39. The number of anilines is 1. The van der Waals surface area contributed by atoms with Crippen LogP contribution in [-0.4, -0.2) is 13.5 Å². The molecule has 2 rings (SSSR count). The van der Waals surface area contributed by atoms with Crippen LogP contribution in [0.2, 0.25) is 0 Å². The maximum Gasteiger partial charge on any atom is 0.241 e. The van der Waals surface area contributed by atoms with E-state index >= 15 is 0 Å². The predicted octanol–water partition coefficient (Wildman–Crippen LogP) is 2.78. The largest absolute Gasteiger partial charge is 0.506 e. The second-order valence-electron chi connectivity index (χ2n) is 4.62. The van der Waals surface area contributed by atoms with Gasteiger partial charge in [0, 0.05) is 10.5 Å². The van der Waals surface area contributed by atoms with Crippen LogP contribution in [-0.2, 0) is 10.0 Å². The normalized spacial score (nSPS) is 13.0. The van der Waals surface area contributed by atoms with Gasteiger partial charge in [0.15, 0.2) is 0 Å². The molecule has 2 aromatic carbocycles.